The Balaban J connectivity index is 2.41. The lowest BCUT2D eigenvalue weighted by molar-refractivity contribution is -0.486. The first-order valence-electron chi connectivity index (χ1n) is 5.14. The van der Waals surface area contributed by atoms with Crippen molar-refractivity contribution in [3.8, 4) is 0 Å². The molecule has 0 radical (unpaired) electrons. The average Bonchev–Trinajstić information content (AvgIpc) is 2.69. The predicted molar refractivity (Wildman–Crippen MR) is 58.7 cm³/mol. The van der Waals surface area contributed by atoms with E-state index in [1.807, 2.05) is 31.2 Å². The normalized spacial score (nSPS) is 12.8. The first-order valence-corrected chi connectivity index (χ1v) is 5.14. The number of benzene rings is 1. The van der Waals surface area contributed by atoms with Gasteiger partial charge in [0.1, 0.15) is 11.6 Å². The van der Waals surface area contributed by atoms with E-state index < -0.39 is 0 Å². The Labute approximate surface area is 92.0 Å². The Morgan fingerprint density at radius 1 is 1.50 bits per heavy atom. The molecule has 6 heteroatoms. The van der Waals surface area contributed by atoms with E-state index in [4.69, 9.17) is 0 Å². The van der Waals surface area contributed by atoms with Gasteiger partial charge in [0, 0.05) is 4.92 Å². The van der Waals surface area contributed by atoms with Crippen molar-refractivity contribution in [2.45, 2.75) is 19.4 Å². The highest BCUT2D eigenvalue weighted by Gasteiger charge is 2.18. The summed E-state index contributed by atoms with van der Waals surface area (Å²) in [7, 11) is 0. The van der Waals surface area contributed by atoms with Gasteiger partial charge >= 0.3 is 0 Å². The van der Waals surface area contributed by atoms with Gasteiger partial charge in [-0.05, 0) is 18.6 Å². The van der Waals surface area contributed by atoms with Gasteiger partial charge in [-0.1, -0.05) is 24.3 Å². The van der Waals surface area contributed by atoms with Crippen LogP contribution in [0.2, 0.25) is 0 Å². The van der Waals surface area contributed by atoms with Crippen molar-refractivity contribution in [3.05, 3.63) is 34.4 Å². The number of aromatic nitrogens is 3. The van der Waals surface area contributed by atoms with Crippen LogP contribution in [0.25, 0.3) is 11.0 Å². The zero-order chi connectivity index (χ0) is 11.5. The summed E-state index contributed by atoms with van der Waals surface area (Å²) in [6.07, 6.45) is 0.661. The third-order valence-corrected chi connectivity index (χ3v) is 2.55. The molecule has 0 spiro atoms. The minimum Gasteiger partial charge on any atom is -0.264 e. The van der Waals surface area contributed by atoms with Crippen LogP contribution in [0, 0.1) is 10.1 Å². The van der Waals surface area contributed by atoms with E-state index in [0.717, 1.165) is 11.0 Å². The molecule has 0 bridgehead atoms. The minimum atomic E-state index is -0.315. The van der Waals surface area contributed by atoms with Crippen molar-refractivity contribution in [1.29, 1.82) is 0 Å². The molecular formula is C10H12N4O2. The number of hydrogen-bond acceptors (Lipinski definition) is 4. The summed E-state index contributed by atoms with van der Waals surface area (Å²) < 4.78 is 1.64. The quantitative estimate of drug-likeness (QED) is 0.580. The molecule has 84 valence electrons. The van der Waals surface area contributed by atoms with Crippen LogP contribution in [0.3, 0.4) is 0 Å². The highest BCUT2D eigenvalue weighted by molar-refractivity contribution is 5.73. The van der Waals surface area contributed by atoms with Crippen molar-refractivity contribution in [1.82, 2.24) is 15.0 Å². The maximum atomic E-state index is 10.5. The van der Waals surface area contributed by atoms with Gasteiger partial charge in [-0.15, -0.1) is 5.10 Å². The molecular weight excluding hydrogens is 208 g/mol. The Morgan fingerprint density at radius 2 is 2.25 bits per heavy atom. The number of hydrogen-bond donors (Lipinski definition) is 0. The number of fused-ring (bicyclic) bond motifs is 1. The van der Waals surface area contributed by atoms with Gasteiger partial charge in [0.25, 0.3) is 0 Å². The number of nitro groups is 1. The van der Waals surface area contributed by atoms with Gasteiger partial charge in [-0.25, -0.2) is 4.68 Å². The van der Waals surface area contributed by atoms with Crippen LogP contribution >= 0.6 is 0 Å². The van der Waals surface area contributed by atoms with E-state index in [9.17, 15) is 10.1 Å². The summed E-state index contributed by atoms with van der Waals surface area (Å²) in [5, 5.41) is 18.5. The SMILES string of the molecule is CC[C@@H](C[N+](=O)[O-])n1nnc2ccccc21. The highest BCUT2D eigenvalue weighted by Crippen LogP contribution is 2.17. The summed E-state index contributed by atoms with van der Waals surface area (Å²) in [6.45, 7) is 1.79. The van der Waals surface area contributed by atoms with Crippen LogP contribution in [0.5, 0.6) is 0 Å². The standard InChI is InChI=1S/C10H12N4O2/c1-2-8(7-13(15)16)14-10-6-4-3-5-9(10)11-12-14/h3-6,8H,2,7H2,1H3/t8-/m0/s1. The molecule has 0 aliphatic carbocycles. The highest BCUT2D eigenvalue weighted by atomic mass is 16.6. The monoisotopic (exact) mass is 220 g/mol. The second kappa shape index (κ2) is 4.26. The number of rotatable bonds is 4. The van der Waals surface area contributed by atoms with Crippen LogP contribution in [-0.4, -0.2) is 26.5 Å². The fraction of sp³-hybridized carbons (Fsp3) is 0.400. The average molecular weight is 220 g/mol. The van der Waals surface area contributed by atoms with Crippen LogP contribution < -0.4 is 0 Å². The summed E-state index contributed by atoms with van der Waals surface area (Å²) in [5.74, 6) is 0. The van der Waals surface area contributed by atoms with Crippen molar-refractivity contribution in [3.63, 3.8) is 0 Å². The third kappa shape index (κ3) is 1.86. The molecule has 0 fully saturated rings. The molecule has 0 unspecified atom stereocenters. The van der Waals surface area contributed by atoms with E-state index in [2.05, 4.69) is 10.3 Å². The Kier molecular flexibility index (Phi) is 2.80. The molecule has 1 aromatic carbocycles. The Morgan fingerprint density at radius 3 is 2.94 bits per heavy atom. The molecule has 1 atom stereocenters. The molecule has 1 aromatic heterocycles. The van der Waals surface area contributed by atoms with Crippen LogP contribution in [0.4, 0.5) is 0 Å². The van der Waals surface area contributed by atoms with E-state index in [-0.39, 0.29) is 17.5 Å². The van der Waals surface area contributed by atoms with E-state index in [1.165, 1.54) is 0 Å². The molecule has 16 heavy (non-hydrogen) atoms. The predicted octanol–water partition coefficient (Wildman–Crippen LogP) is 1.66. The van der Waals surface area contributed by atoms with Gasteiger partial charge < -0.3 is 0 Å². The molecule has 0 amide bonds. The van der Waals surface area contributed by atoms with Gasteiger partial charge in [0.2, 0.25) is 6.54 Å². The molecule has 2 aromatic rings. The molecule has 0 saturated carbocycles. The first kappa shape index (κ1) is 10.5. The van der Waals surface area contributed by atoms with Gasteiger partial charge in [-0.2, -0.15) is 0 Å². The number of para-hydroxylation sites is 1. The van der Waals surface area contributed by atoms with Crippen LogP contribution in [0.15, 0.2) is 24.3 Å². The van der Waals surface area contributed by atoms with Gasteiger partial charge in [-0.3, -0.25) is 10.1 Å². The molecule has 1 heterocycles. The summed E-state index contributed by atoms with van der Waals surface area (Å²) in [4.78, 5) is 10.2. The zero-order valence-electron chi connectivity index (χ0n) is 8.91. The molecule has 0 saturated heterocycles. The summed E-state index contributed by atoms with van der Waals surface area (Å²) in [5.41, 5.74) is 1.61. The molecule has 2 rings (SSSR count). The first-order chi connectivity index (χ1) is 7.72. The minimum absolute atomic E-state index is 0.121. The molecule has 6 nitrogen and oxygen atoms in total. The fourth-order valence-corrected chi connectivity index (χ4v) is 1.71. The number of nitrogens with zero attached hydrogens (tertiary/aromatic N) is 4. The lowest BCUT2D eigenvalue weighted by Crippen LogP contribution is -2.19. The van der Waals surface area contributed by atoms with Gasteiger partial charge in [0.15, 0.2) is 0 Å². The van der Waals surface area contributed by atoms with Crippen molar-refractivity contribution >= 4 is 11.0 Å². The van der Waals surface area contributed by atoms with Crippen molar-refractivity contribution in [2.75, 3.05) is 6.54 Å². The van der Waals surface area contributed by atoms with E-state index in [1.54, 1.807) is 4.68 Å². The van der Waals surface area contributed by atoms with Crippen LogP contribution in [0.1, 0.15) is 19.4 Å². The van der Waals surface area contributed by atoms with Crippen molar-refractivity contribution < 1.29 is 4.92 Å². The molecule has 0 aliphatic heterocycles. The van der Waals surface area contributed by atoms with Crippen molar-refractivity contribution in [2.24, 2.45) is 0 Å². The van der Waals surface area contributed by atoms with Crippen LogP contribution in [-0.2, 0) is 0 Å². The van der Waals surface area contributed by atoms with Gasteiger partial charge in [0.05, 0.1) is 5.52 Å². The lowest BCUT2D eigenvalue weighted by Gasteiger charge is -2.10. The second-order valence-electron chi connectivity index (χ2n) is 3.60. The smallest absolute Gasteiger partial charge is 0.226 e. The maximum absolute atomic E-state index is 10.5. The zero-order valence-corrected chi connectivity index (χ0v) is 8.91. The third-order valence-electron chi connectivity index (χ3n) is 2.55. The maximum Gasteiger partial charge on any atom is 0.226 e. The molecule has 0 aliphatic rings. The van der Waals surface area contributed by atoms with E-state index >= 15 is 0 Å². The topological polar surface area (TPSA) is 73.8 Å². The second-order valence-corrected chi connectivity index (χ2v) is 3.60. The summed E-state index contributed by atoms with van der Waals surface area (Å²) in [6, 6.07) is 7.23. The lowest BCUT2D eigenvalue weighted by atomic mass is 10.2. The molecule has 0 N–H and O–H groups in total. The van der Waals surface area contributed by atoms with E-state index in [0.29, 0.717) is 6.42 Å². The Bertz CT molecular complexity index is 508. The summed E-state index contributed by atoms with van der Waals surface area (Å²) >= 11 is 0. The Hall–Kier alpha value is -1.98. The fourth-order valence-electron chi connectivity index (χ4n) is 1.71. The largest absolute Gasteiger partial charge is 0.264 e.